The van der Waals surface area contributed by atoms with Crippen LogP contribution in [-0.4, -0.2) is 8.92 Å². The molecule has 0 bridgehead atoms. The average molecular weight is 423 g/mol. The van der Waals surface area contributed by atoms with Gasteiger partial charge >= 0.3 is 158 Å². The van der Waals surface area contributed by atoms with E-state index in [1.807, 2.05) is 0 Å². The van der Waals surface area contributed by atoms with Crippen LogP contribution in [0, 0.1) is 0 Å². The molecule has 2 aromatic carbocycles. The number of allylic oxidation sites excluding steroid dienone is 4. The Balaban J connectivity index is 0.00000169. The van der Waals surface area contributed by atoms with Gasteiger partial charge in [-0.2, -0.15) is 0 Å². The zero-order valence-electron chi connectivity index (χ0n) is 16.2. The summed E-state index contributed by atoms with van der Waals surface area (Å²) in [5, 5.41) is 2.72. The summed E-state index contributed by atoms with van der Waals surface area (Å²) in [6, 6.07) is 13.4. The molecule has 2 aromatic rings. The molecular weight excluding hydrogens is 397 g/mol. The fraction of sp³-hybridized carbons (Fsp3) is 0.364. The van der Waals surface area contributed by atoms with E-state index in [1.165, 1.54) is 38.6 Å². The van der Waals surface area contributed by atoms with Crippen LogP contribution in [0.15, 0.2) is 53.6 Å². The van der Waals surface area contributed by atoms with Gasteiger partial charge in [0, 0.05) is 0 Å². The van der Waals surface area contributed by atoms with Crippen LogP contribution in [0.5, 0.6) is 0 Å². The average Bonchev–Trinajstić information content (AvgIpc) is 2.86. The van der Waals surface area contributed by atoms with Crippen molar-refractivity contribution in [2.75, 3.05) is 0 Å². The van der Waals surface area contributed by atoms with Gasteiger partial charge in [0.2, 0.25) is 0 Å². The van der Waals surface area contributed by atoms with E-state index >= 15 is 0 Å². The summed E-state index contributed by atoms with van der Waals surface area (Å²) in [7, 11) is 0. The fourth-order valence-corrected chi connectivity index (χ4v) is 3.54. The standard InChI is InChI=1S/C22H26N.2ClH.Ti/c1-15-10-12-18(16(15)2)20-13-11-17-8-6-7-9-19(17)21(20)14-23-22(3,4)5;;;/h6-11,13H,12,14H2,1-5H3;2*1H;/q-1;;;+3/p-2. The van der Waals surface area contributed by atoms with Crippen LogP contribution in [0.3, 0.4) is 0 Å². The second-order valence-electron chi connectivity index (χ2n) is 7.76. The number of rotatable bonds is 3. The van der Waals surface area contributed by atoms with E-state index in [9.17, 15) is 0 Å². The van der Waals surface area contributed by atoms with E-state index < -0.39 is 0 Å². The van der Waals surface area contributed by atoms with Gasteiger partial charge < -0.3 is 24.8 Å². The molecule has 0 saturated carbocycles. The monoisotopic (exact) mass is 422 g/mol. The maximum Gasteiger partial charge on any atom is -1.00 e. The van der Waals surface area contributed by atoms with Gasteiger partial charge in [-0.1, -0.05) is 0 Å². The zero-order chi connectivity index (χ0) is 17.5. The first kappa shape index (κ1) is 23.5. The Labute approximate surface area is 182 Å². The van der Waals surface area contributed by atoms with Crippen LogP contribution in [0.4, 0.5) is 0 Å². The molecule has 1 aliphatic carbocycles. The van der Waals surface area contributed by atoms with Gasteiger partial charge in [0.05, 0.1) is 0 Å². The number of hydrogen-bond acceptors (Lipinski definition) is 1. The van der Waals surface area contributed by atoms with Gasteiger partial charge in [0.25, 0.3) is 0 Å². The molecule has 0 atom stereocenters. The van der Waals surface area contributed by atoms with Crippen molar-refractivity contribution in [3.8, 4) is 0 Å². The first-order valence-corrected chi connectivity index (χ1v) is 9.35. The van der Waals surface area contributed by atoms with E-state index in [1.54, 1.807) is 0 Å². The van der Waals surface area contributed by atoms with Crippen molar-refractivity contribution < 1.29 is 45.5 Å². The molecule has 3 rings (SSSR count). The molecule has 0 aromatic heterocycles. The number of halogens is 2. The number of benzene rings is 2. The van der Waals surface area contributed by atoms with Crippen LogP contribution >= 0.6 is 0 Å². The van der Waals surface area contributed by atoms with Gasteiger partial charge in [-0.05, 0) is 0 Å². The topological polar surface area (TPSA) is 3.24 Å². The molecule has 0 fully saturated rings. The summed E-state index contributed by atoms with van der Waals surface area (Å²) in [6.45, 7) is 12.3. The summed E-state index contributed by atoms with van der Waals surface area (Å²) in [6.07, 6.45) is 3.42. The molecule has 0 radical (unpaired) electrons. The van der Waals surface area contributed by atoms with Crippen molar-refractivity contribution in [3.63, 3.8) is 0 Å². The molecule has 1 nitrogen and oxygen atoms in total. The fourth-order valence-electron chi connectivity index (χ4n) is 3.30. The maximum atomic E-state index is 2.45. The van der Waals surface area contributed by atoms with Crippen molar-refractivity contribution in [1.29, 1.82) is 0 Å². The van der Waals surface area contributed by atoms with Crippen molar-refractivity contribution in [2.24, 2.45) is 0 Å². The molecule has 0 aliphatic heterocycles. The number of fused-ring (bicyclic) bond motifs is 1. The SMILES string of the molecule is CC1=CCC(c2ccc3ccccc3c2C[N]([Ti+2])C(C)(C)C)=C1C.[Cl-].[Cl-]. The summed E-state index contributed by atoms with van der Waals surface area (Å²) >= 11 is 2.23. The molecule has 0 heterocycles. The van der Waals surface area contributed by atoms with Gasteiger partial charge in [-0.3, -0.25) is 0 Å². The van der Waals surface area contributed by atoms with E-state index in [0.29, 0.717) is 0 Å². The Morgan fingerprint density at radius 2 is 1.65 bits per heavy atom. The Morgan fingerprint density at radius 3 is 2.23 bits per heavy atom. The first-order valence-electron chi connectivity index (χ1n) is 8.66. The summed E-state index contributed by atoms with van der Waals surface area (Å²) in [5.41, 5.74) is 7.41. The van der Waals surface area contributed by atoms with Gasteiger partial charge in [-0.15, -0.1) is 0 Å². The molecule has 0 amide bonds. The quantitative estimate of drug-likeness (QED) is 0.631. The molecule has 4 heteroatoms. The summed E-state index contributed by atoms with van der Waals surface area (Å²) in [5.74, 6) is 0. The molecule has 137 valence electrons. The van der Waals surface area contributed by atoms with Crippen LogP contribution < -0.4 is 24.8 Å². The van der Waals surface area contributed by atoms with E-state index in [-0.39, 0.29) is 30.4 Å². The predicted molar refractivity (Wildman–Crippen MR) is 100 cm³/mol. The van der Waals surface area contributed by atoms with Gasteiger partial charge in [0.1, 0.15) is 0 Å². The Kier molecular flexibility index (Phi) is 8.20. The zero-order valence-corrected chi connectivity index (χ0v) is 19.2. The third kappa shape index (κ3) is 4.64. The second-order valence-corrected chi connectivity index (χ2v) is 8.61. The van der Waals surface area contributed by atoms with E-state index in [4.69, 9.17) is 0 Å². The second kappa shape index (κ2) is 9.08. The van der Waals surface area contributed by atoms with Gasteiger partial charge in [0.15, 0.2) is 0 Å². The van der Waals surface area contributed by atoms with Crippen molar-refractivity contribution >= 4 is 16.3 Å². The summed E-state index contributed by atoms with van der Waals surface area (Å²) < 4.78 is 2.45. The smallest absolute Gasteiger partial charge is 1.00 e. The van der Waals surface area contributed by atoms with Crippen LogP contribution in [0.25, 0.3) is 16.3 Å². The first-order chi connectivity index (χ1) is 11.3. The Hall–Kier alpha value is -0.566. The molecule has 0 unspecified atom stereocenters. The minimum atomic E-state index is 0. The number of hydrogen-bond donors (Lipinski definition) is 0. The van der Waals surface area contributed by atoms with Crippen molar-refractivity contribution in [2.45, 2.75) is 53.1 Å². The normalized spacial score (nSPS) is 14.4. The van der Waals surface area contributed by atoms with Crippen LogP contribution in [0.2, 0.25) is 0 Å². The van der Waals surface area contributed by atoms with Crippen LogP contribution in [-0.2, 0) is 27.2 Å². The van der Waals surface area contributed by atoms with Crippen molar-refractivity contribution in [3.05, 3.63) is 64.7 Å². The third-order valence-electron chi connectivity index (χ3n) is 5.15. The molecule has 0 N–H and O–H groups in total. The third-order valence-corrected chi connectivity index (χ3v) is 6.44. The summed E-state index contributed by atoms with van der Waals surface area (Å²) in [4.78, 5) is 0. The Bertz CT molecular complexity index is 847. The number of nitrogens with zero attached hydrogens (tertiary/aromatic N) is 1. The van der Waals surface area contributed by atoms with Crippen LogP contribution in [0.1, 0.15) is 52.2 Å². The van der Waals surface area contributed by atoms with Gasteiger partial charge in [-0.25, -0.2) is 0 Å². The molecule has 0 saturated heterocycles. The van der Waals surface area contributed by atoms with Crippen molar-refractivity contribution in [1.82, 2.24) is 3.38 Å². The molecule has 26 heavy (non-hydrogen) atoms. The predicted octanol–water partition coefficient (Wildman–Crippen LogP) is 0.0336. The molecule has 1 aliphatic rings. The minimum Gasteiger partial charge on any atom is -1.00 e. The maximum absolute atomic E-state index is 2.45. The molecule has 0 spiro atoms. The van der Waals surface area contributed by atoms with E-state index in [0.717, 1.165) is 13.0 Å². The largest absolute Gasteiger partial charge is 1.00 e. The van der Waals surface area contributed by atoms with E-state index in [2.05, 4.69) is 101 Å². The molecular formula is C22H26Cl2NTi. The minimum absolute atomic E-state index is 0. The Morgan fingerprint density at radius 1 is 1.00 bits per heavy atom.